The van der Waals surface area contributed by atoms with Gasteiger partial charge in [-0.3, -0.25) is 0 Å². The third-order valence-corrected chi connectivity index (χ3v) is 6.65. The molecule has 0 heterocycles. The SMILES string of the molecule is C=CC(=O)OCCOc1ccc2ccccc2c1Sc1c(OCCOC(=O)C=C)ccc2ccccc12. The molecule has 0 aliphatic heterocycles. The van der Waals surface area contributed by atoms with Gasteiger partial charge in [0.25, 0.3) is 0 Å². The lowest BCUT2D eigenvalue weighted by atomic mass is 10.1. The van der Waals surface area contributed by atoms with Gasteiger partial charge in [0.05, 0.1) is 9.79 Å². The Balaban J connectivity index is 1.68. The molecule has 4 aromatic carbocycles. The van der Waals surface area contributed by atoms with Crippen molar-refractivity contribution in [3.8, 4) is 11.5 Å². The topological polar surface area (TPSA) is 71.1 Å². The van der Waals surface area contributed by atoms with Crippen molar-refractivity contribution in [3.05, 3.63) is 98.1 Å². The Bertz CT molecular complexity index is 1340. The lowest BCUT2D eigenvalue weighted by Gasteiger charge is -2.18. The van der Waals surface area contributed by atoms with Crippen molar-refractivity contribution in [2.24, 2.45) is 0 Å². The number of carbonyl (C=O) groups excluding carboxylic acids is 2. The minimum Gasteiger partial charge on any atom is -0.489 e. The van der Waals surface area contributed by atoms with Crippen molar-refractivity contribution >= 4 is 45.2 Å². The van der Waals surface area contributed by atoms with Crippen LogP contribution >= 0.6 is 11.8 Å². The van der Waals surface area contributed by atoms with Gasteiger partial charge in [0.1, 0.15) is 37.9 Å². The Hall–Kier alpha value is -4.23. The summed E-state index contributed by atoms with van der Waals surface area (Å²) in [6.45, 7) is 7.41. The molecule has 0 bridgehead atoms. The molecule has 0 radical (unpaired) electrons. The third-order valence-electron chi connectivity index (χ3n) is 5.39. The smallest absolute Gasteiger partial charge is 0.330 e. The van der Waals surface area contributed by atoms with Gasteiger partial charge < -0.3 is 18.9 Å². The van der Waals surface area contributed by atoms with Crippen LogP contribution < -0.4 is 9.47 Å². The van der Waals surface area contributed by atoms with Gasteiger partial charge in [-0.2, -0.15) is 0 Å². The van der Waals surface area contributed by atoms with Crippen molar-refractivity contribution in [2.75, 3.05) is 26.4 Å². The van der Waals surface area contributed by atoms with Crippen molar-refractivity contribution in [1.29, 1.82) is 0 Å². The highest BCUT2D eigenvalue weighted by molar-refractivity contribution is 8.00. The summed E-state index contributed by atoms with van der Waals surface area (Å²) in [6.07, 6.45) is 2.25. The van der Waals surface area contributed by atoms with Crippen LogP contribution in [0, 0.1) is 0 Å². The summed E-state index contributed by atoms with van der Waals surface area (Å²) in [5.41, 5.74) is 0. The summed E-state index contributed by atoms with van der Waals surface area (Å²) >= 11 is 1.54. The zero-order valence-electron chi connectivity index (χ0n) is 20.2. The number of rotatable bonds is 12. The molecule has 4 rings (SSSR count). The van der Waals surface area contributed by atoms with Crippen molar-refractivity contribution < 1.29 is 28.5 Å². The van der Waals surface area contributed by atoms with Gasteiger partial charge in [0, 0.05) is 12.2 Å². The third kappa shape index (κ3) is 6.51. The fourth-order valence-corrected chi connectivity index (χ4v) is 4.94. The highest BCUT2D eigenvalue weighted by atomic mass is 32.2. The van der Waals surface area contributed by atoms with E-state index in [1.807, 2.05) is 72.8 Å². The first-order valence-corrected chi connectivity index (χ1v) is 12.5. The lowest BCUT2D eigenvalue weighted by Crippen LogP contribution is -2.11. The first-order chi connectivity index (χ1) is 18.1. The highest BCUT2D eigenvalue weighted by Crippen LogP contribution is 2.46. The van der Waals surface area contributed by atoms with Crippen LogP contribution in [0.5, 0.6) is 11.5 Å². The lowest BCUT2D eigenvalue weighted by molar-refractivity contribution is -0.139. The summed E-state index contributed by atoms with van der Waals surface area (Å²) in [5.74, 6) is 0.343. The fourth-order valence-electron chi connectivity index (χ4n) is 3.69. The molecule has 0 aliphatic carbocycles. The summed E-state index contributed by atoms with van der Waals surface area (Å²) < 4.78 is 22.3. The van der Waals surface area contributed by atoms with E-state index in [4.69, 9.17) is 18.9 Å². The molecule has 4 aromatic rings. The summed E-state index contributed by atoms with van der Waals surface area (Å²) in [7, 11) is 0. The van der Waals surface area contributed by atoms with Gasteiger partial charge >= 0.3 is 11.9 Å². The van der Waals surface area contributed by atoms with Gasteiger partial charge in [-0.1, -0.05) is 85.6 Å². The molecule has 0 saturated heterocycles. The molecule has 0 spiro atoms. The second kappa shape index (κ2) is 12.6. The Labute approximate surface area is 219 Å². The van der Waals surface area contributed by atoms with Gasteiger partial charge in [-0.25, -0.2) is 9.59 Å². The highest BCUT2D eigenvalue weighted by Gasteiger charge is 2.17. The first-order valence-electron chi connectivity index (χ1n) is 11.7. The number of carbonyl (C=O) groups is 2. The normalized spacial score (nSPS) is 10.6. The largest absolute Gasteiger partial charge is 0.489 e. The first kappa shape index (κ1) is 25.9. The minimum atomic E-state index is -0.493. The van der Waals surface area contributed by atoms with Crippen LogP contribution in [-0.2, 0) is 19.1 Å². The molecule has 0 aliphatic rings. The van der Waals surface area contributed by atoms with Crippen LogP contribution in [0.25, 0.3) is 21.5 Å². The number of benzene rings is 4. The second-order valence-corrected chi connectivity index (χ2v) is 8.79. The Morgan fingerprint density at radius 2 is 1.05 bits per heavy atom. The molecule has 0 aromatic heterocycles. The van der Waals surface area contributed by atoms with E-state index in [9.17, 15) is 9.59 Å². The van der Waals surface area contributed by atoms with Gasteiger partial charge in [0.15, 0.2) is 0 Å². The number of ether oxygens (including phenoxy) is 4. The maximum absolute atomic E-state index is 11.4. The van der Waals surface area contributed by atoms with Gasteiger partial charge in [0.2, 0.25) is 0 Å². The molecule has 0 amide bonds. The number of hydrogen-bond donors (Lipinski definition) is 0. The maximum Gasteiger partial charge on any atom is 0.330 e. The fraction of sp³-hybridized carbons (Fsp3) is 0.133. The van der Waals surface area contributed by atoms with Crippen LogP contribution in [0.2, 0.25) is 0 Å². The minimum absolute atomic E-state index is 0.105. The van der Waals surface area contributed by atoms with Crippen molar-refractivity contribution in [2.45, 2.75) is 9.79 Å². The van der Waals surface area contributed by atoms with Crippen molar-refractivity contribution in [3.63, 3.8) is 0 Å². The molecule has 0 unspecified atom stereocenters. The summed E-state index contributed by atoms with van der Waals surface area (Å²) in [6, 6.07) is 24.0. The van der Waals surface area contributed by atoms with E-state index in [-0.39, 0.29) is 26.4 Å². The Kier molecular flexibility index (Phi) is 8.84. The monoisotopic (exact) mass is 514 g/mol. The van der Waals surface area contributed by atoms with E-state index in [0.717, 1.165) is 43.5 Å². The predicted molar refractivity (Wildman–Crippen MR) is 145 cm³/mol. The van der Waals surface area contributed by atoms with Crippen LogP contribution in [-0.4, -0.2) is 38.4 Å². The molecular formula is C30H26O6S. The molecule has 0 atom stereocenters. The second-order valence-electron chi connectivity index (χ2n) is 7.77. The predicted octanol–water partition coefficient (Wildman–Crippen LogP) is 6.36. The summed E-state index contributed by atoms with van der Waals surface area (Å²) in [5, 5.41) is 4.17. The Morgan fingerprint density at radius 3 is 1.49 bits per heavy atom. The average molecular weight is 515 g/mol. The standard InChI is InChI=1S/C30H26O6S/c1-3-27(31)35-19-17-33-25-15-13-21-9-5-7-11-23(21)29(25)37-30-24-12-8-6-10-22(24)14-16-26(30)34-18-20-36-28(32)4-2/h3-16H,1-2,17-20H2. The molecule has 0 N–H and O–H groups in total. The zero-order valence-corrected chi connectivity index (χ0v) is 21.0. The van der Waals surface area contributed by atoms with Crippen molar-refractivity contribution in [1.82, 2.24) is 0 Å². The van der Waals surface area contributed by atoms with E-state index in [2.05, 4.69) is 13.2 Å². The molecular weight excluding hydrogens is 488 g/mol. The van der Waals surface area contributed by atoms with Crippen LogP contribution in [0.4, 0.5) is 0 Å². The molecule has 37 heavy (non-hydrogen) atoms. The van der Waals surface area contributed by atoms with E-state index < -0.39 is 11.9 Å². The van der Waals surface area contributed by atoms with Crippen LogP contribution in [0.15, 0.2) is 108 Å². The summed E-state index contributed by atoms with van der Waals surface area (Å²) in [4.78, 5) is 24.6. The van der Waals surface area contributed by atoms with E-state index in [0.29, 0.717) is 11.5 Å². The van der Waals surface area contributed by atoms with E-state index in [1.54, 1.807) is 0 Å². The van der Waals surface area contributed by atoms with Crippen LogP contribution in [0.3, 0.4) is 0 Å². The zero-order chi connectivity index (χ0) is 26.0. The molecule has 0 saturated carbocycles. The molecule has 188 valence electrons. The quantitative estimate of drug-likeness (QED) is 0.124. The van der Waals surface area contributed by atoms with Gasteiger partial charge in [-0.15, -0.1) is 0 Å². The maximum atomic E-state index is 11.4. The molecule has 6 nitrogen and oxygen atoms in total. The van der Waals surface area contributed by atoms with Crippen LogP contribution in [0.1, 0.15) is 0 Å². The number of esters is 2. The molecule has 7 heteroatoms. The van der Waals surface area contributed by atoms with E-state index >= 15 is 0 Å². The average Bonchev–Trinajstić information content (AvgIpc) is 2.94. The Morgan fingerprint density at radius 1 is 0.622 bits per heavy atom. The number of fused-ring (bicyclic) bond motifs is 2. The van der Waals surface area contributed by atoms with Gasteiger partial charge in [-0.05, 0) is 33.7 Å². The molecule has 0 fully saturated rings. The van der Waals surface area contributed by atoms with E-state index in [1.165, 1.54) is 11.8 Å². The number of hydrogen-bond acceptors (Lipinski definition) is 7.